The van der Waals surface area contributed by atoms with E-state index in [0.717, 1.165) is 0 Å². The van der Waals surface area contributed by atoms with E-state index in [-0.39, 0.29) is 11.4 Å². The number of rotatable bonds is 3. The van der Waals surface area contributed by atoms with Crippen LogP contribution in [0.5, 0.6) is 0 Å². The summed E-state index contributed by atoms with van der Waals surface area (Å²) in [5.74, 6) is -0.466. The fraction of sp³-hybridized carbons (Fsp3) is 0. The van der Waals surface area contributed by atoms with Crippen LogP contribution in [0.15, 0.2) is 53.9 Å². The Morgan fingerprint density at radius 3 is 2.06 bits per heavy atom. The van der Waals surface area contributed by atoms with Crippen molar-refractivity contribution in [1.82, 2.24) is 9.97 Å². The van der Waals surface area contributed by atoms with Crippen LogP contribution in [-0.4, -0.2) is 26.7 Å². The lowest BCUT2D eigenvalue weighted by molar-refractivity contribution is 0.105. The third kappa shape index (κ3) is 2.34. The van der Waals surface area contributed by atoms with Crippen LogP contribution in [0.2, 0.25) is 0 Å². The Balaban J connectivity index is 2.37. The molecule has 0 saturated carbocycles. The van der Waals surface area contributed by atoms with Crippen LogP contribution in [0.4, 0.5) is 0 Å². The molecule has 2 heterocycles. The highest BCUT2D eigenvalue weighted by Gasteiger charge is 2.18. The minimum Gasteiger partial charge on any atom is -0.410 e. The lowest BCUT2D eigenvalue weighted by Gasteiger charge is -2.01. The van der Waals surface area contributed by atoms with Gasteiger partial charge in [0.15, 0.2) is 5.71 Å². The largest absolute Gasteiger partial charge is 0.410 e. The van der Waals surface area contributed by atoms with Gasteiger partial charge in [-0.25, -0.2) is 0 Å². The lowest BCUT2D eigenvalue weighted by atomic mass is 10.1. The molecule has 0 unspecified atom stereocenters. The van der Waals surface area contributed by atoms with Crippen molar-refractivity contribution in [3.05, 3.63) is 60.2 Å². The second kappa shape index (κ2) is 4.98. The fourth-order valence-corrected chi connectivity index (χ4v) is 1.33. The molecule has 0 saturated heterocycles. The lowest BCUT2D eigenvalue weighted by Crippen LogP contribution is -2.18. The minimum absolute atomic E-state index is 0.121. The smallest absolute Gasteiger partial charge is 0.235 e. The van der Waals surface area contributed by atoms with Gasteiger partial charge in [0.25, 0.3) is 0 Å². The second-order valence-corrected chi connectivity index (χ2v) is 3.21. The van der Waals surface area contributed by atoms with E-state index in [0.29, 0.717) is 5.69 Å². The van der Waals surface area contributed by atoms with Gasteiger partial charge in [0.05, 0.1) is 5.69 Å². The zero-order valence-electron chi connectivity index (χ0n) is 8.82. The molecule has 5 heteroatoms. The summed E-state index contributed by atoms with van der Waals surface area (Å²) in [5, 5.41) is 11.9. The summed E-state index contributed by atoms with van der Waals surface area (Å²) in [6.45, 7) is 0. The predicted octanol–water partition coefficient (Wildman–Crippen LogP) is 1.54. The summed E-state index contributed by atoms with van der Waals surface area (Å²) in [5.41, 5.74) is 0.404. The first-order valence-electron chi connectivity index (χ1n) is 4.92. The first-order valence-corrected chi connectivity index (χ1v) is 4.92. The summed E-state index contributed by atoms with van der Waals surface area (Å²) in [4.78, 5) is 19.8. The Hall–Kier alpha value is -2.56. The Morgan fingerprint density at radius 1 is 1.00 bits per heavy atom. The third-order valence-corrected chi connectivity index (χ3v) is 2.12. The number of oxime groups is 1. The molecule has 0 radical (unpaired) electrons. The summed E-state index contributed by atoms with van der Waals surface area (Å²) in [7, 11) is 0. The Bertz CT molecular complexity index is 538. The maximum Gasteiger partial charge on any atom is 0.235 e. The van der Waals surface area contributed by atoms with E-state index in [2.05, 4.69) is 15.1 Å². The summed E-state index contributed by atoms with van der Waals surface area (Å²) in [6.07, 6.45) is 3.02. The normalized spacial score (nSPS) is 11.2. The molecule has 0 bridgehead atoms. The molecule has 0 spiro atoms. The molecule has 1 N–H and O–H groups in total. The van der Waals surface area contributed by atoms with Crippen LogP contribution in [0, 0.1) is 0 Å². The van der Waals surface area contributed by atoms with Crippen molar-refractivity contribution in [3.63, 3.8) is 0 Å². The summed E-state index contributed by atoms with van der Waals surface area (Å²) < 4.78 is 0. The number of aromatic nitrogens is 2. The van der Waals surface area contributed by atoms with Crippen LogP contribution >= 0.6 is 0 Å². The van der Waals surface area contributed by atoms with Crippen molar-refractivity contribution >= 4 is 11.5 Å². The second-order valence-electron chi connectivity index (χ2n) is 3.21. The first kappa shape index (κ1) is 10.9. The van der Waals surface area contributed by atoms with E-state index in [1.165, 1.54) is 12.4 Å². The molecule has 2 rings (SSSR count). The quantitative estimate of drug-likeness (QED) is 0.373. The Kier molecular flexibility index (Phi) is 3.20. The highest BCUT2D eigenvalue weighted by molar-refractivity contribution is 6.50. The molecule has 0 aliphatic rings. The molecule has 0 aliphatic heterocycles. The molecular weight excluding hydrogens is 218 g/mol. The van der Waals surface area contributed by atoms with Gasteiger partial charge in [-0.15, -0.1) is 0 Å². The average Bonchev–Trinajstić information content (AvgIpc) is 2.42. The van der Waals surface area contributed by atoms with Crippen molar-refractivity contribution in [2.45, 2.75) is 0 Å². The molecule has 17 heavy (non-hydrogen) atoms. The van der Waals surface area contributed by atoms with Gasteiger partial charge in [0.2, 0.25) is 5.78 Å². The van der Waals surface area contributed by atoms with E-state index in [1.54, 1.807) is 36.4 Å². The number of nitrogens with zero attached hydrogens (tertiary/aromatic N) is 3. The zero-order chi connectivity index (χ0) is 12.1. The van der Waals surface area contributed by atoms with Crippen LogP contribution in [-0.2, 0) is 0 Å². The molecule has 0 amide bonds. The zero-order valence-corrected chi connectivity index (χ0v) is 8.82. The molecule has 2 aromatic heterocycles. The van der Waals surface area contributed by atoms with Crippen molar-refractivity contribution in [1.29, 1.82) is 0 Å². The van der Waals surface area contributed by atoms with E-state index in [4.69, 9.17) is 5.21 Å². The summed E-state index contributed by atoms with van der Waals surface area (Å²) in [6, 6.07) is 9.95. The fourth-order valence-electron chi connectivity index (χ4n) is 1.33. The number of hydrogen-bond donors (Lipinski definition) is 1. The number of hydrogen-bond acceptors (Lipinski definition) is 5. The van der Waals surface area contributed by atoms with Gasteiger partial charge in [-0.1, -0.05) is 17.3 Å². The van der Waals surface area contributed by atoms with Gasteiger partial charge in [0, 0.05) is 12.4 Å². The van der Waals surface area contributed by atoms with E-state index in [9.17, 15) is 4.79 Å². The number of carbonyl (C=O) groups excluding carboxylic acids is 1. The maximum atomic E-state index is 12.0. The van der Waals surface area contributed by atoms with Gasteiger partial charge in [-0.3, -0.25) is 14.8 Å². The molecule has 0 aromatic carbocycles. The Labute approximate surface area is 97.5 Å². The van der Waals surface area contributed by atoms with Crippen molar-refractivity contribution in [2.24, 2.45) is 5.16 Å². The molecule has 5 nitrogen and oxygen atoms in total. The molecule has 0 fully saturated rings. The molecular formula is C12H9N3O2. The predicted molar refractivity (Wildman–Crippen MR) is 61.1 cm³/mol. The molecule has 0 atom stereocenters. The van der Waals surface area contributed by atoms with Crippen molar-refractivity contribution in [2.75, 3.05) is 0 Å². The van der Waals surface area contributed by atoms with Gasteiger partial charge in [-0.2, -0.15) is 0 Å². The Morgan fingerprint density at radius 2 is 1.59 bits per heavy atom. The minimum atomic E-state index is -0.466. The SMILES string of the molecule is O=C(C(=NO)c1ccccn1)c1ccccn1. The van der Waals surface area contributed by atoms with E-state index >= 15 is 0 Å². The van der Waals surface area contributed by atoms with Crippen molar-refractivity contribution in [3.8, 4) is 0 Å². The van der Waals surface area contributed by atoms with Gasteiger partial charge in [-0.05, 0) is 24.3 Å². The van der Waals surface area contributed by atoms with Crippen LogP contribution < -0.4 is 0 Å². The number of ketones is 1. The van der Waals surface area contributed by atoms with Crippen LogP contribution in [0.25, 0.3) is 0 Å². The first-order chi connectivity index (χ1) is 8.33. The van der Waals surface area contributed by atoms with Crippen molar-refractivity contribution < 1.29 is 10.0 Å². The molecule has 0 aliphatic carbocycles. The van der Waals surface area contributed by atoms with Crippen LogP contribution in [0.3, 0.4) is 0 Å². The maximum absolute atomic E-state index is 12.0. The summed E-state index contributed by atoms with van der Waals surface area (Å²) >= 11 is 0. The topological polar surface area (TPSA) is 75.4 Å². The van der Waals surface area contributed by atoms with Gasteiger partial charge < -0.3 is 5.21 Å². The number of carbonyl (C=O) groups is 1. The number of Topliss-reactive ketones (excluding diaryl/α,β-unsaturated/α-hetero) is 1. The highest BCUT2D eigenvalue weighted by Crippen LogP contribution is 2.04. The molecule has 2 aromatic rings. The number of pyridine rings is 2. The molecule has 84 valence electrons. The van der Waals surface area contributed by atoms with E-state index in [1.807, 2.05) is 0 Å². The van der Waals surface area contributed by atoms with E-state index < -0.39 is 5.78 Å². The third-order valence-electron chi connectivity index (χ3n) is 2.12. The van der Waals surface area contributed by atoms with Crippen LogP contribution in [0.1, 0.15) is 16.2 Å². The standard InChI is InChI=1S/C12H9N3O2/c16-12(10-6-2-4-8-14-10)11(15-17)9-5-1-3-7-13-9/h1-8,17H. The van der Waals surface area contributed by atoms with Gasteiger partial charge >= 0.3 is 0 Å². The average molecular weight is 227 g/mol. The van der Waals surface area contributed by atoms with Gasteiger partial charge in [0.1, 0.15) is 5.69 Å². The monoisotopic (exact) mass is 227 g/mol. The highest BCUT2D eigenvalue weighted by atomic mass is 16.4.